The zero-order valence-corrected chi connectivity index (χ0v) is 8.71. The summed E-state index contributed by atoms with van der Waals surface area (Å²) in [5, 5.41) is 0. The van der Waals surface area contributed by atoms with Crippen molar-refractivity contribution in [3.8, 4) is 0 Å². The van der Waals surface area contributed by atoms with E-state index < -0.39 is 40.9 Å². The molecular formula is C5H7ClF5NO2S. The summed E-state index contributed by atoms with van der Waals surface area (Å²) >= 11 is 5.02. The number of nitrogens with zero attached hydrogens (tertiary/aromatic N) is 1. The number of rotatable bonds is 5. The monoisotopic (exact) mass is 275 g/mol. The van der Waals surface area contributed by atoms with E-state index in [2.05, 4.69) is 0 Å². The van der Waals surface area contributed by atoms with Crippen LogP contribution >= 0.6 is 11.6 Å². The van der Waals surface area contributed by atoms with Gasteiger partial charge in [-0.1, -0.05) is 0 Å². The molecule has 0 saturated carbocycles. The van der Waals surface area contributed by atoms with Gasteiger partial charge in [-0.15, -0.1) is 11.6 Å². The maximum atomic E-state index is 11.9. The first kappa shape index (κ1) is 14.8. The molecule has 0 aliphatic rings. The first-order valence-electron chi connectivity index (χ1n) is 3.51. The molecule has 15 heavy (non-hydrogen) atoms. The molecule has 0 aromatic rings. The first-order valence-corrected chi connectivity index (χ1v) is 5.55. The van der Waals surface area contributed by atoms with E-state index in [9.17, 15) is 30.4 Å². The molecule has 0 aliphatic carbocycles. The Labute approximate surface area is 87.9 Å². The van der Waals surface area contributed by atoms with E-state index in [0.29, 0.717) is 0 Å². The zero-order chi connectivity index (χ0) is 12.3. The van der Waals surface area contributed by atoms with Crippen LogP contribution < -0.4 is 0 Å². The fourth-order valence-corrected chi connectivity index (χ4v) is 1.90. The van der Waals surface area contributed by atoms with E-state index in [1.165, 1.54) is 0 Å². The van der Waals surface area contributed by atoms with Crippen LogP contribution in [0.15, 0.2) is 0 Å². The highest BCUT2D eigenvalue weighted by Gasteiger charge is 2.39. The number of halogens is 6. The molecule has 0 bridgehead atoms. The smallest absolute Gasteiger partial charge is 0.206 e. The summed E-state index contributed by atoms with van der Waals surface area (Å²) in [4.78, 5) is 0. The highest BCUT2D eigenvalue weighted by atomic mass is 35.5. The average molecular weight is 276 g/mol. The van der Waals surface area contributed by atoms with Crippen LogP contribution in [-0.4, -0.2) is 43.6 Å². The maximum Gasteiger partial charge on any atom is 0.402 e. The lowest BCUT2D eigenvalue weighted by Crippen LogP contribution is -2.42. The molecule has 0 heterocycles. The molecule has 0 rings (SSSR count). The minimum Gasteiger partial charge on any atom is -0.206 e. The Bertz CT molecular complexity index is 290. The van der Waals surface area contributed by atoms with E-state index in [-0.39, 0.29) is 4.31 Å². The Kier molecular flexibility index (Phi) is 5.21. The average Bonchev–Trinajstić information content (AvgIpc) is 2.00. The van der Waals surface area contributed by atoms with Gasteiger partial charge in [-0.2, -0.15) is 26.3 Å². The van der Waals surface area contributed by atoms with Gasteiger partial charge in [-0.05, 0) is 0 Å². The van der Waals surface area contributed by atoms with Crippen molar-refractivity contribution in [1.29, 1.82) is 0 Å². The van der Waals surface area contributed by atoms with Crippen LogP contribution in [0.5, 0.6) is 0 Å². The molecule has 0 radical (unpaired) electrons. The molecule has 0 atom stereocenters. The Morgan fingerprint density at radius 2 is 1.73 bits per heavy atom. The van der Waals surface area contributed by atoms with Gasteiger partial charge >= 0.3 is 11.9 Å². The van der Waals surface area contributed by atoms with Crippen molar-refractivity contribution >= 4 is 21.6 Å². The third kappa shape index (κ3) is 4.94. The Hall–Kier alpha value is -0.150. The summed E-state index contributed by atoms with van der Waals surface area (Å²) in [5.74, 6) is -4.38. The van der Waals surface area contributed by atoms with Gasteiger partial charge < -0.3 is 0 Å². The quantitative estimate of drug-likeness (QED) is 0.565. The van der Waals surface area contributed by atoms with E-state index in [4.69, 9.17) is 11.6 Å². The van der Waals surface area contributed by atoms with Crippen molar-refractivity contribution < 1.29 is 30.4 Å². The maximum absolute atomic E-state index is 11.9. The van der Waals surface area contributed by atoms with Gasteiger partial charge in [0, 0.05) is 12.4 Å². The number of sulfonamides is 1. The van der Waals surface area contributed by atoms with E-state index in [1.807, 2.05) is 0 Å². The third-order valence-corrected chi connectivity index (χ3v) is 2.93. The Balaban J connectivity index is 4.83. The van der Waals surface area contributed by atoms with Gasteiger partial charge in [0.15, 0.2) is 0 Å². The molecule has 0 spiro atoms. The van der Waals surface area contributed by atoms with Crippen molar-refractivity contribution in [2.45, 2.75) is 11.9 Å². The molecule has 0 fully saturated rings. The van der Waals surface area contributed by atoms with Gasteiger partial charge in [-0.25, -0.2) is 8.42 Å². The van der Waals surface area contributed by atoms with Gasteiger partial charge in [-0.3, -0.25) is 0 Å². The second-order valence-electron chi connectivity index (χ2n) is 2.44. The largest absolute Gasteiger partial charge is 0.402 e. The fraction of sp³-hybridized carbons (Fsp3) is 1.00. The number of alkyl halides is 6. The lowest BCUT2D eigenvalue weighted by atomic mass is 10.6. The summed E-state index contributed by atoms with van der Waals surface area (Å²) in [5.41, 5.74) is 0. The van der Waals surface area contributed by atoms with Gasteiger partial charge in [0.05, 0.1) is 0 Å². The van der Waals surface area contributed by atoms with Crippen LogP contribution in [0.1, 0.15) is 0 Å². The van der Waals surface area contributed by atoms with Gasteiger partial charge in [0.2, 0.25) is 0 Å². The molecule has 0 amide bonds. The standard InChI is InChI=1S/C5H7ClF5NO2S/c6-1-2-12(3-5(9,10)11)15(13,14)4(7)8/h4H,1-3H2. The van der Waals surface area contributed by atoms with Crippen LogP contribution in [0.2, 0.25) is 0 Å². The Morgan fingerprint density at radius 3 is 2.00 bits per heavy atom. The lowest BCUT2D eigenvalue weighted by Gasteiger charge is -2.21. The van der Waals surface area contributed by atoms with Crippen molar-refractivity contribution in [2.24, 2.45) is 0 Å². The number of hydrogen-bond donors (Lipinski definition) is 0. The van der Waals surface area contributed by atoms with Crippen LogP contribution in [0.3, 0.4) is 0 Å². The summed E-state index contributed by atoms with van der Waals surface area (Å²) < 4.78 is 80.4. The Morgan fingerprint density at radius 1 is 1.27 bits per heavy atom. The predicted molar refractivity (Wildman–Crippen MR) is 43.3 cm³/mol. The van der Waals surface area contributed by atoms with Crippen LogP contribution in [0, 0.1) is 0 Å². The van der Waals surface area contributed by atoms with Crippen molar-refractivity contribution in [1.82, 2.24) is 4.31 Å². The minimum atomic E-state index is -5.24. The topological polar surface area (TPSA) is 37.4 Å². The molecule has 3 nitrogen and oxygen atoms in total. The molecule has 0 unspecified atom stereocenters. The fourth-order valence-electron chi connectivity index (χ4n) is 0.703. The predicted octanol–water partition coefficient (Wildman–Crippen LogP) is 1.64. The first-order chi connectivity index (χ1) is 6.61. The summed E-state index contributed by atoms with van der Waals surface area (Å²) in [6, 6.07) is 0. The summed E-state index contributed by atoms with van der Waals surface area (Å²) in [6.45, 7) is -2.78. The van der Waals surface area contributed by atoms with Crippen LogP contribution in [-0.2, 0) is 10.0 Å². The molecule has 0 saturated heterocycles. The van der Waals surface area contributed by atoms with Crippen LogP contribution in [0.4, 0.5) is 22.0 Å². The molecular weight excluding hydrogens is 269 g/mol. The normalized spacial score (nSPS) is 13.9. The molecule has 0 aliphatic heterocycles. The third-order valence-electron chi connectivity index (χ3n) is 1.27. The van der Waals surface area contributed by atoms with E-state index in [0.717, 1.165) is 0 Å². The molecule has 92 valence electrons. The van der Waals surface area contributed by atoms with E-state index in [1.54, 1.807) is 0 Å². The van der Waals surface area contributed by atoms with Crippen LogP contribution in [0.25, 0.3) is 0 Å². The molecule has 0 aromatic heterocycles. The van der Waals surface area contributed by atoms with Crippen molar-refractivity contribution in [3.63, 3.8) is 0 Å². The molecule has 0 N–H and O–H groups in total. The second kappa shape index (κ2) is 5.26. The molecule has 0 aromatic carbocycles. The van der Waals surface area contributed by atoms with Gasteiger partial charge in [0.1, 0.15) is 6.54 Å². The van der Waals surface area contributed by atoms with E-state index >= 15 is 0 Å². The number of hydrogen-bond acceptors (Lipinski definition) is 2. The summed E-state index contributed by atoms with van der Waals surface area (Å²) in [6.07, 6.45) is -4.88. The second-order valence-corrected chi connectivity index (χ2v) is 4.72. The SMILES string of the molecule is O=S(=O)(C(F)F)N(CCCl)CC(F)(F)F. The highest BCUT2D eigenvalue weighted by Crippen LogP contribution is 2.21. The van der Waals surface area contributed by atoms with Gasteiger partial charge in [0.25, 0.3) is 10.0 Å². The minimum absolute atomic E-state index is 0.384. The zero-order valence-electron chi connectivity index (χ0n) is 7.14. The van der Waals surface area contributed by atoms with Crippen molar-refractivity contribution in [2.75, 3.05) is 19.0 Å². The highest BCUT2D eigenvalue weighted by molar-refractivity contribution is 7.89. The lowest BCUT2D eigenvalue weighted by molar-refractivity contribution is -0.136. The van der Waals surface area contributed by atoms with Crippen molar-refractivity contribution in [3.05, 3.63) is 0 Å². The molecule has 10 heteroatoms. The summed E-state index contributed by atoms with van der Waals surface area (Å²) in [7, 11) is -5.24.